The number of nitrogens with two attached hydrogens (primary N) is 1. The van der Waals surface area contributed by atoms with Crippen LogP contribution in [0.2, 0.25) is 0 Å². The Balaban J connectivity index is 2.11. The van der Waals surface area contributed by atoms with Gasteiger partial charge in [0.05, 0.1) is 13.7 Å². The monoisotopic (exact) mass is 264 g/mol. The molecule has 1 fully saturated rings. The number of benzene rings is 1. The third-order valence-electron chi connectivity index (χ3n) is 3.91. The van der Waals surface area contributed by atoms with Crippen molar-refractivity contribution in [3.05, 3.63) is 23.8 Å². The van der Waals surface area contributed by atoms with Crippen LogP contribution >= 0.6 is 0 Å². The quantitative estimate of drug-likeness (QED) is 0.772. The van der Waals surface area contributed by atoms with Gasteiger partial charge in [-0.25, -0.2) is 0 Å². The van der Waals surface area contributed by atoms with Crippen LogP contribution in [-0.2, 0) is 6.54 Å². The van der Waals surface area contributed by atoms with Gasteiger partial charge in [0.1, 0.15) is 5.75 Å². The van der Waals surface area contributed by atoms with Gasteiger partial charge in [0, 0.05) is 36.4 Å². The maximum Gasteiger partial charge on any atom is 0.125 e. The van der Waals surface area contributed by atoms with E-state index in [1.807, 2.05) is 18.2 Å². The van der Waals surface area contributed by atoms with Crippen molar-refractivity contribution in [2.75, 3.05) is 26.0 Å². The Labute approximate surface area is 115 Å². The van der Waals surface area contributed by atoms with E-state index in [-0.39, 0.29) is 6.61 Å². The molecule has 1 aliphatic carbocycles. The number of hydrogen-bond acceptors (Lipinski definition) is 4. The van der Waals surface area contributed by atoms with Crippen molar-refractivity contribution in [1.29, 1.82) is 0 Å². The Morgan fingerprint density at radius 1 is 1.37 bits per heavy atom. The zero-order valence-corrected chi connectivity index (χ0v) is 11.6. The average molecular weight is 264 g/mol. The first kappa shape index (κ1) is 14.2. The number of methoxy groups -OCH3 is 1. The van der Waals surface area contributed by atoms with Crippen LogP contribution in [0.25, 0.3) is 0 Å². The maximum absolute atomic E-state index is 9.25. The molecule has 3 N–H and O–H groups in total. The first-order valence-electron chi connectivity index (χ1n) is 7.02. The molecule has 0 unspecified atom stereocenters. The van der Waals surface area contributed by atoms with E-state index in [0.29, 0.717) is 6.04 Å². The standard InChI is InChI=1S/C15H24N2O2/c1-19-15-10-13(16)7-6-12(15)11-17(8-9-18)14-4-2-3-5-14/h6-7,10,14,18H,2-5,8-9,11,16H2,1H3. The third kappa shape index (κ3) is 3.61. The van der Waals surface area contributed by atoms with Gasteiger partial charge in [-0.15, -0.1) is 0 Å². The topological polar surface area (TPSA) is 58.7 Å². The van der Waals surface area contributed by atoms with Gasteiger partial charge in [0.25, 0.3) is 0 Å². The predicted molar refractivity (Wildman–Crippen MR) is 77.2 cm³/mol. The normalized spacial score (nSPS) is 16.2. The molecule has 0 amide bonds. The van der Waals surface area contributed by atoms with Gasteiger partial charge in [-0.3, -0.25) is 4.90 Å². The minimum absolute atomic E-state index is 0.202. The summed E-state index contributed by atoms with van der Waals surface area (Å²) in [4.78, 5) is 2.36. The zero-order chi connectivity index (χ0) is 13.7. The molecule has 0 bridgehead atoms. The Bertz CT molecular complexity index is 403. The van der Waals surface area contributed by atoms with Crippen LogP contribution in [0, 0.1) is 0 Å². The maximum atomic E-state index is 9.25. The van der Waals surface area contributed by atoms with Gasteiger partial charge in [-0.1, -0.05) is 18.9 Å². The summed E-state index contributed by atoms with van der Waals surface area (Å²) >= 11 is 0. The Kier molecular flexibility index (Phi) is 5.05. The number of nitrogen functional groups attached to an aromatic ring is 1. The Hall–Kier alpha value is -1.26. The molecule has 1 aliphatic rings. The van der Waals surface area contributed by atoms with Crippen LogP contribution in [-0.4, -0.2) is 36.3 Å². The number of hydrogen-bond donors (Lipinski definition) is 2. The second-order valence-corrected chi connectivity index (χ2v) is 5.20. The van der Waals surface area contributed by atoms with E-state index in [4.69, 9.17) is 10.5 Å². The SMILES string of the molecule is COc1cc(N)ccc1CN(CCO)C1CCCC1. The van der Waals surface area contributed by atoms with Crippen molar-refractivity contribution in [3.8, 4) is 5.75 Å². The van der Waals surface area contributed by atoms with Crippen LogP contribution in [0.5, 0.6) is 5.75 Å². The fourth-order valence-corrected chi connectivity index (χ4v) is 2.90. The summed E-state index contributed by atoms with van der Waals surface area (Å²) in [6.07, 6.45) is 5.06. The van der Waals surface area contributed by atoms with Gasteiger partial charge in [0.2, 0.25) is 0 Å². The van der Waals surface area contributed by atoms with Gasteiger partial charge >= 0.3 is 0 Å². The van der Waals surface area contributed by atoms with E-state index in [1.54, 1.807) is 7.11 Å². The number of anilines is 1. The van der Waals surface area contributed by atoms with Crippen LogP contribution < -0.4 is 10.5 Å². The first-order chi connectivity index (χ1) is 9.24. The first-order valence-corrected chi connectivity index (χ1v) is 7.02. The van der Waals surface area contributed by atoms with Gasteiger partial charge in [0.15, 0.2) is 0 Å². The molecule has 0 spiro atoms. The van der Waals surface area contributed by atoms with E-state index < -0.39 is 0 Å². The van der Waals surface area contributed by atoms with Crippen molar-refractivity contribution in [3.63, 3.8) is 0 Å². The lowest BCUT2D eigenvalue weighted by Gasteiger charge is -2.28. The summed E-state index contributed by atoms with van der Waals surface area (Å²) < 4.78 is 5.40. The van der Waals surface area contributed by atoms with E-state index in [0.717, 1.165) is 30.1 Å². The lowest BCUT2D eigenvalue weighted by Crippen LogP contribution is -2.35. The highest BCUT2D eigenvalue weighted by Crippen LogP contribution is 2.28. The van der Waals surface area contributed by atoms with Crippen molar-refractivity contribution in [2.24, 2.45) is 0 Å². The van der Waals surface area contributed by atoms with Gasteiger partial charge in [-0.2, -0.15) is 0 Å². The number of rotatable bonds is 6. The summed E-state index contributed by atoms with van der Waals surface area (Å²) in [5.74, 6) is 0.834. The molecule has 1 saturated carbocycles. The molecule has 4 heteroatoms. The number of nitrogens with zero attached hydrogens (tertiary/aromatic N) is 1. The highest BCUT2D eigenvalue weighted by molar-refractivity contribution is 5.48. The summed E-state index contributed by atoms with van der Waals surface area (Å²) in [6.45, 7) is 1.74. The summed E-state index contributed by atoms with van der Waals surface area (Å²) in [5.41, 5.74) is 7.63. The van der Waals surface area contributed by atoms with Crippen LogP contribution in [0.15, 0.2) is 18.2 Å². The second-order valence-electron chi connectivity index (χ2n) is 5.20. The van der Waals surface area contributed by atoms with E-state index in [2.05, 4.69) is 4.90 Å². The van der Waals surface area contributed by atoms with Crippen molar-refractivity contribution in [1.82, 2.24) is 4.90 Å². The molecule has 19 heavy (non-hydrogen) atoms. The molecule has 0 radical (unpaired) electrons. The van der Waals surface area contributed by atoms with E-state index >= 15 is 0 Å². The minimum atomic E-state index is 0.202. The summed E-state index contributed by atoms with van der Waals surface area (Å²) in [5, 5.41) is 9.25. The van der Waals surface area contributed by atoms with Crippen molar-refractivity contribution in [2.45, 2.75) is 38.3 Å². The minimum Gasteiger partial charge on any atom is -0.496 e. The third-order valence-corrected chi connectivity index (χ3v) is 3.91. The molecule has 2 rings (SSSR count). The fourth-order valence-electron chi connectivity index (χ4n) is 2.90. The molecule has 106 valence electrons. The Morgan fingerprint density at radius 2 is 2.11 bits per heavy atom. The van der Waals surface area contributed by atoms with Gasteiger partial charge in [-0.05, 0) is 18.9 Å². The summed E-state index contributed by atoms with van der Waals surface area (Å²) in [7, 11) is 1.67. The number of aliphatic hydroxyl groups is 1. The second kappa shape index (κ2) is 6.78. The van der Waals surface area contributed by atoms with Crippen molar-refractivity contribution >= 4 is 5.69 Å². The fraction of sp³-hybridized carbons (Fsp3) is 0.600. The molecule has 0 heterocycles. The lowest BCUT2D eigenvalue weighted by molar-refractivity contribution is 0.143. The molecule has 0 aromatic heterocycles. The summed E-state index contributed by atoms with van der Waals surface area (Å²) in [6, 6.07) is 6.38. The highest BCUT2D eigenvalue weighted by atomic mass is 16.5. The molecule has 0 aliphatic heterocycles. The van der Waals surface area contributed by atoms with Crippen LogP contribution in [0.4, 0.5) is 5.69 Å². The smallest absolute Gasteiger partial charge is 0.125 e. The largest absolute Gasteiger partial charge is 0.496 e. The number of ether oxygens (including phenoxy) is 1. The lowest BCUT2D eigenvalue weighted by atomic mass is 10.1. The average Bonchev–Trinajstić information content (AvgIpc) is 2.94. The molecular weight excluding hydrogens is 240 g/mol. The molecule has 4 nitrogen and oxygen atoms in total. The van der Waals surface area contributed by atoms with Gasteiger partial charge < -0.3 is 15.6 Å². The predicted octanol–water partition coefficient (Wildman–Crippen LogP) is 2.01. The molecule has 1 aromatic rings. The molecule has 0 saturated heterocycles. The Morgan fingerprint density at radius 3 is 2.74 bits per heavy atom. The zero-order valence-electron chi connectivity index (χ0n) is 11.6. The van der Waals surface area contributed by atoms with Crippen LogP contribution in [0.3, 0.4) is 0 Å². The molecular formula is C15H24N2O2. The number of aliphatic hydroxyl groups excluding tert-OH is 1. The van der Waals surface area contributed by atoms with Crippen molar-refractivity contribution < 1.29 is 9.84 Å². The van der Waals surface area contributed by atoms with E-state index in [9.17, 15) is 5.11 Å². The van der Waals surface area contributed by atoms with E-state index in [1.165, 1.54) is 25.7 Å². The molecule has 0 atom stereocenters. The van der Waals surface area contributed by atoms with Crippen LogP contribution in [0.1, 0.15) is 31.2 Å². The highest BCUT2D eigenvalue weighted by Gasteiger charge is 2.23. The molecule has 1 aromatic carbocycles.